The van der Waals surface area contributed by atoms with Crippen LogP contribution in [-0.2, 0) is 6.54 Å². The number of hydrogen-bond donors (Lipinski definition) is 1. The first kappa shape index (κ1) is 11.0. The van der Waals surface area contributed by atoms with Gasteiger partial charge in [-0.1, -0.05) is 19.4 Å². The highest BCUT2D eigenvalue weighted by atomic mass is 16.5. The summed E-state index contributed by atoms with van der Waals surface area (Å²) in [6, 6.07) is 3.96. The van der Waals surface area contributed by atoms with E-state index < -0.39 is 0 Å². The largest absolute Gasteiger partial charge is 0.477 e. The lowest BCUT2D eigenvalue weighted by molar-refractivity contribution is 0.294. The van der Waals surface area contributed by atoms with Crippen LogP contribution in [0.1, 0.15) is 25.3 Å². The second-order valence-corrected chi connectivity index (χ2v) is 3.20. The van der Waals surface area contributed by atoms with Crippen LogP contribution in [0.5, 0.6) is 5.88 Å². The van der Waals surface area contributed by atoms with Crippen molar-refractivity contribution in [3.8, 4) is 5.88 Å². The molecule has 0 aliphatic carbocycles. The van der Waals surface area contributed by atoms with E-state index in [0.717, 1.165) is 37.4 Å². The molecular formula is C11H18N2O. The molecule has 0 aliphatic rings. The molecule has 0 saturated carbocycles. The molecule has 0 aromatic carbocycles. The molecule has 3 heteroatoms. The summed E-state index contributed by atoms with van der Waals surface area (Å²) in [7, 11) is 1.92. The zero-order valence-corrected chi connectivity index (χ0v) is 8.92. The van der Waals surface area contributed by atoms with E-state index in [2.05, 4.69) is 17.2 Å². The molecule has 0 unspecified atom stereocenters. The maximum Gasteiger partial charge on any atom is 0.217 e. The van der Waals surface area contributed by atoms with Crippen molar-refractivity contribution in [2.24, 2.45) is 0 Å². The molecule has 0 aliphatic heterocycles. The fourth-order valence-electron chi connectivity index (χ4n) is 1.19. The van der Waals surface area contributed by atoms with Crippen LogP contribution >= 0.6 is 0 Å². The van der Waals surface area contributed by atoms with Gasteiger partial charge in [0.05, 0.1) is 6.61 Å². The van der Waals surface area contributed by atoms with Crippen LogP contribution in [0.25, 0.3) is 0 Å². The number of nitrogens with zero attached hydrogens (tertiary/aromatic N) is 1. The molecule has 0 saturated heterocycles. The molecule has 0 atom stereocenters. The Morgan fingerprint density at radius 2 is 2.36 bits per heavy atom. The third-order valence-corrected chi connectivity index (χ3v) is 1.95. The zero-order valence-electron chi connectivity index (χ0n) is 8.92. The zero-order chi connectivity index (χ0) is 10.2. The van der Waals surface area contributed by atoms with E-state index in [-0.39, 0.29) is 0 Å². The van der Waals surface area contributed by atoms with Crippen molar-refractivity contribution in [1.82, 2.24) is 10.3 Å². The SMILES string of the molecule is CCCCOc1ncccc1CNC. The van der Waals surface area contributed by atoms with Gasteiger partial charge in [-0.05, 0) is 19.5 Å². The molecular weight excluding hydrogens is 176 g/mol. The quantitative estimate of drug-likeness (QED) is 0.703. The van der Waals surface area contributed by atoms with Gasteiger partial charge >= 0.3 is 0 Å². The maximum atomic E-state index is 5.58. The summed E-state index contributed by atoms with van der Waals surface area (Å²) >= 11 is 0. The number of ether oxygens (including phenoxy) is 1. The first-order chi connectivity index (χ1) is 6.88. The lowest BCUT2D eigenvalue weighted by atomic mass is 10.2. The number of rotatable bonds is 6. The number of unbranched alkanes of at least 4 members (excludes halogenated alkanes) is 1. The number of pyridine rings is 1. The molecule has 0 spiro atoms. The van der Waals surface area contributed by atoms with Crippen LogP contribution in [0.3, 0.4) is 0 Å². The minimum Gasteiger partial charge on any atom is -0.477 e. The third kappa shape index (κ3) is 3.34. The smallest absolute Gasteiger partial charge is 0.217 e. The molecule has 14 heavy (non-hydrogen) atoms. The summed E-state index contributed by atoms with van der Waals surface area (Å²) in [5.74, 6) is 0.760. The van der Waals surface area contributed by atoms with Gasteiger partial charge < -0.3 is 10.1 Å². The fraction of sp³-hybridized carbons (Fsp3) is 0.545. The topological polar surface area (TPSA) is 34.1 Å². The molecule has 1 aromatic rings. The molecule has 0 amide bonds. The Morgan fingerprint density at radius 3 is 3.07 bits per heavy atom. The van der Waals surface area contributed by atoms with Gasteiger partial charge in [-0.2, -0.15) is 0 Å². The minimum absolute atomic E-state index is 0.754. The second kappa shape index (κ2) is 6.38. The van der Waals surface area contributed by atoms with Crippen LogP contribution in [0.4, 0.5) is 0 Å². The number of hydrogen-bond acceptors (Lipinski definition) is 3. The molecule has 1 aromatic heterocycles. The Morgan fingerprint density at radius 1 is 1.50 bits per heavy atom. The van der Waals surface area contributed by atoms with Gasteiger partial charge in [0.15, 0.2) is 0 Å². The summed E-state index contributed by atoms with van der Waals surface area (Å²) in [4.78, 5) is 4.21. The number of nitrogens with one attached hydrogen (secondary N) is 1. The van der Waals surface area contributed by atoms with E-state index >= 15 is 0 Å². The van der Waals surface area contributed by atoms with E-state index in [0.29, 0.717) is 0 Å². The summed E-state index contributed by atoms with van der Waals surface area (Å²) in [5, 5.41) is 3.09. The molecule has 0 bridgehead atoms. The molecule has 78 valence electrons. The van der Waals surface area contributed by atoms with E-state index in [1.54, 1.807) is 6.20 Å². The third-order valence-electron chi connectivity index (χ3n) is 1.95. The van der Waals surface area contributed by atoms with Crippen molar-refractivity contribution in [3.05, 3.63) is 23.9 Å². The van der Waals surface area contributed by atoms with Crippen molar-refractivity contribution in [2.75, 3.05) is 13.7 Å². The fourth-order valence-corrected chi connectivity index (χ4v) is 1.19. The van der Waals surface area contributed by atoms with Gasteiger partial charge in [-0.25, -0.2) is 4.98 Å². The van der Waals surface area contributed by atoms with Crippen LogP contribution < -0.4 is 10.1 Å². The van der Waals surface area contributed by atoms with Gasteiger partial charge in [0, 0.05) is 18.3 Å². The van der Waals surface area contributed by atoms with Crippen molar-refractivity contribution in [3.63, 3.8) is 0 Å². The summed E-state index contributed by atoms with van der Waals surface area (Å²) < 4.78 is 5.58. The predicted octanol–water partition coefficient (Wildman–Crippen LogP) is 1.98. The monoisotopic (exact) mass is 194 g/mol. The van der Waals surface area contributed by atoms with Gasteiger partial charge in [-0.15, -0.1) is 0 Å². The van der Waals surface area contributed by atoms with Gasteiger partial charge in [0.2, 0.25) is 5.88 Å². The minimum atomic E-state index is 0.754. The maximum absolute atomic E-state index is 5.58. The van der Waals surface area contributed by atoms with E-state index in [9.17, 15) is 0 Å². The Hall–Kier alpha value is -1.09. The van der Waals surface area contributed by atoms with Crippen LogP contribution in [0.2, 0.25) is 0 Å². The molecule has 0 radical (unpaired) electrons. The van der Waals surface area contributed by atoms with Crippen LogP contribution in [0.15, 0.2) is 18.3 Å². The standard InChI is InChI=1S/C11H18N2O/c1-3-4-8-14-11-10(9-12-2)6-5-7-13-11/h5-7,12H,3-4,8-9H2,1-2H3. The summed E-state index contributed by atoms with van der Waals surface area (Å²) in [5.41, 5.74) is 1.12. The highest BCUT2D eigenvalue weighted by Crippen LogP contribution is 2.13. The highest BCUT2D eigenvalue weighted by Gasteiger charge is 2.02. The predicted molar refractivity (Wildman–Crippen MR) is 57.4 cm³/mol. The number of aromatic nitrogens is 1. The van der Waals surface area contributed by atoms with Crippen LogP contribution in [0, 0.1) is 0 Å². The molecule has 0 fully saturated rings. The molecule has 3 nitrogen and oxygen atoms in total. The van der Waals surface area contributed by atoms with Gasteiger partial charge in [0.25, 0.3) is 0 Å². The summed E-state index contributed by atoms with van der Waals surface area (Å²) in [6.07, 6.45) is 3.99. The van der Waals surface area contributed by atoms with E-state index in [1.165, 1.54) is 0 Å². The molecule has 1 rings (SSSR count). The Kier molecular flexibility index (Phi) is 5.00. The average Bonchev–Trinajstić information content (AvgIpc) is 2.21. The Labute approximate surface area is 85.5 Å². The van der Waals surface area contributed by atoms with Crippen LogP contribution in [-0.4, -0.2) is 18.6 Å². The second-order valence-electron chi connectivity index (χ2n) is 3.20. The average molecular weight is 194 g/mol. The Bertz CT molecular complexity index is 263. The van der Waals surface area contributed by atoms with Gasteiger partial charge in [-0.3, -0.25) is 0 Å². The van der Waals surface area contributed by atoms with E-state index in [4.69, 9.17) is 4.74 Å². The van der Waals surface area contributed by atoms with Crippen molar-refractivity contribution in [1.29, 1.82) is 0 Å². The van der Waals surface area contributed by atoms with E-state index in [1.807, 2.05) is 19.2 Å². The molecule has 1 heterocycles. The lowest BCUT2D eigenvalue weighted by Crippen LogP contribution is -2.09. The Balaban J connectivity index is 2.55. The highest BCUT2D eigenvalue weighted by molar-refractivity contribution is 5.25. The van der Waals surface area contributed by atoms with Crippen molar-refractivity contribution >= 4 is 0 Å². The summed E-state index contributed by atoms with van der Waals surface area (Å²) in [6.45, 7) is 3.70. The molecule has 1 N–H and O–H groups in total. The lowest BCUT2D eigenvalue weighted by Gasteiger charge is -2.08. The first-order valence-electron chi connectivity index (χ1n) is 5.09. The van der Waals surface area contributed by atoms with Crippen molar-refractivity contribution in [2.45, 2.75) is 26.3 Å². The van der Waals surface area contributed by atoms with Gasteiger partial charge in [0.1, 0.15) is 0 Å². The first-order valence-corrected chi connectivity index (χ1v) is 5.09. The normalized spacial score (nSPS) is 10.1. The van der Waals surface area contributed by atoms with Crippen molar-refractivity contribution < 1.29 is 4.74 Å².